The predicted molar refractivity (Wildman–Crippen MR) is 84.9 cm³/mol. The molecule has 0 bridgehead atoms. The summed E-state index contributed by atoms with van der Waals surface area (Å²) >= 11 is 7.24. The second-order valence-electron chi connectivity index (χ2n) is 4.41. The fourth-order valence-electron chi connectivity index (χ4n) is 1.93. The molecule has 3 nitrogen and oxygen atoms in total. The summed E-state index contributed by atoms with van der Waals surface area (Å²) in [5, 5.41) is 0.954. The Morgan fingerprint density at radius 3 is 2.76 bits per heavy atom. The lowest BCUT2D eigenvalue weighted by atomic mass is 10.2. The summed E-state index contributed by atoms with van der Waals surface area (Å²) in [7, 11) is 0. The van der Waals surface area contributed by atoms with Gasteiger partial charge in [-0.3, -0.25) is 0 Å². The van der Waals surface area contributed by atoms with E-state index in [1.165, 1.54) is 17.8 Å². The number of nitrogens with zero attached hydrogens (tertiary/aromatic N) is 2. The van der Waals surface area contributed by atoms with E-state index in [2.05, 4.69) is 9.97 Å². The van der Waals surface area contributed by atoms with Gasteiger partial charge < -0.3 is 5.73 Å². The summed E-state index contributed by atoms with van der Waals surface area (Å²) in [6, 6.07) is 12.2. The van der Waals surface area contributed by atoms with Crippen molar-refractivity contribution in [2.45, 2.75) is 10.6 Å². The third-order valence-electron chi connectivity index (χ3n) is 2.94. The van der Waals surface area contributed by atoms with Crippen molar-refractivity contribution in [2.75, 3.05) is 5.73 Å². The number of anilines is 1. The Morgan fingerprint density at radius 1 is 1.14 bits per heavy atom. The molecule has 0 saturated heterocycles. The van der Waals surface area contributed by atoms with E-state index >= 15 is 0 Å². The van der Waals surface area contributed by atoms with Gasteiger partial charge in [0.1, 0.15) is 17.5 Å². The first-order chi connectivity index (χ1) is 10.1. The molecule has 21 heavy (non-hydrogen) atoms. The monoisotopic (exact) mass is 319 g/mol. The zero-order chi connectivity index (χ0) is 14.8. The minimum Gasteiger partial charge on any atom is -0.383 e. The second kappa shape index (κ2) is 5.87. The van der Waals surface area contributed by atoms with Crippen molar-refractivity contribution in [2.24, 2.45) is 0 Å². The number of nitrogen functional groups attached to an aromatic ring is 1. The zero-order valence-corrected chi connectivity index (χ0v) is 12.5. The maximum Gasteiger partial charge on any atom is 0.141 e. The van der Waals surface area contributed by atoms with Gasteiger partial charge >= 0.3 is 0 Å². The van der Waals surface area contributed by atoms with Crippen molar-refractivity contribution in [1.82, 2.24) is 9.97 Å². The Bertz CT molecular complexity index is 810. The lowest BCUT2D eigenvalue weighted by Gasteiger charge is -2.05. The van der Waals surface area contributed by atoms with E-state index in [0.717, 1.165) is 15.8 Å². The standard InChI is InChI=1S/C15H11ClFN3S/c16-11-7-9(5-6-12(11)17)21-8-14-19-13-4-2-1-3-10(13)15(18)20-14/h1-7H,8H2,(H2,18,19,20). The highest BCUT2D eigenvalue weighted by molar-refractivity contribution is 7.98. The number of fused-ring (bicyclic) bond motifs is 1. The Balaban J connectivity index is 1.83. The van der Waals surface area contributed by atoms with Crippen molar-refractivity contribution in [3.63, 3.8) is 0 Å². The van der Waals surface area contributed by atoms with E-state index in [-0.39, 0.29) is 5.02 Å². The highest BCUT2D eigenvalue weighted by atomic mass is 35.5. The average molecular weight is 320 g/mol. The van der Waals surface area contributed by atoms with E-state index in [9.17, 15) is 4.39 Å². The molecule has 0 aliphatic carbocycles. The largest absolute Gasteiger partial charge is 0.383 e. The Labute approximate surface area is 130 Å². The summed E-state index contributed by atoms with van der Waals surface area (Å²) in [5.74, 6) is 1.22. The molecule has 0 aliphatic heterocycles. The molecule has 3 aromatic rings. The Morgan fingerprint density at radius 2 is 1.95 bits per heavy atom. The number of rotatable bonds is 3. The van der Waals surface area contributed by atoms with Crippen molar-refractivity contribution in [3.8, 4) is 0 Å². The SMILES string of the molecule is Nc1nc(CSc2ccc(F)c(Cl)c2)nc2ccccc12. The Kier molecular flexibility index (Phi) is 3.94. The zero-order valence-electron chi connectivity index (χ0n) is 10.9. The van der Waals surface area contributed by atoms with Gasteiger partial charge in [-0.25, -0.2) is 14.4 Å². The first kappa shape index (κ1) is 14.1. The lowest BCUT2D eigenvalue weighted by molar-refractivity contribution is 0.627. The van der Waals surface area contributed by atoms with Crippen LogP contribution in [0, 0.1) is 5.82 Å². The van der Waals surface area contributed by atoms with E-state index in [1.54, 1.807) is 12.1 Å². The van der Waals surface area contributed by atoms with Crippen LogP contribution in [-0.4, -0.2) is 9.97 Å². The molecule has 1 heterocycles. The first-order valence-electron chi connectivity index (χ1n) is 6.22. The first-order valence-corrected chi connectivity index (χ1v) is 7.59. The normalized spacial score (nSPS) is 11.0. The van der Waals surface area contributed by atoms with Crippen LogP contribution in [-0.2, 0) is 5.75 Å². The molecule has 106 valence electrons. The van der Waals surface area contributed by atoms with Crippen LogP contribution in [0.15, 0.2) is 47.4 Å². The van der Waals surface area contributed by atoms with Crippen LogP contribution >= 0.6 is 23.4 Å². The van der Waals surface area contributed by atoms with Gasteiger partial charge in [0, 0.05) is 10.3 Å². The van der Waals surface area contributed by atoms with Crippen LogP contribution in [0.3, 0.4) is 0 Å². The predicted octanol–water partition coefficient (Wildman–Crippen LogP) is 4.30. The molecule has 0 radical (unpaired) electrons. The average Bonchev–Trinajstić information content (AvgIpc) is 2.49. The van der Waals surface area contributed by atoms with Crippen LogP contribution < -0.4 is 5.73 Å². The summed E-state index contributed by atoms with van der Waals surface area (Å²) in [6.45, 7) is 0. The van der Waals surface area contributed by atoms with Gasteiger partial charge in [0.25, 0.3) is 0 Å². The fourth-order valence-corrected chi connectivity index (χ4v) is 2.97. The topological polar surface area (TPSA) is 51.8 Å². The highest BCUT2D eigenvalue weighted by Crippen LogP contribution is 2.27. The second-order valence-corrected chi connectivity index (χ2v) is 5.86. The maximum absolute atomic E-state index is 13.1. The molecule has 0 aliphatic rings. The number of thioether (sulfide) groups is 1. The quantitative estimate of drug-likeness (QED) is 0.731. The summed E-state index contributed by atoms with van der Waals surface area (Å²) < 4.78 is 13.1. The summed E-state index contributed by atoms with van der Waals surface area (Å²) in [6.07, 6.45) is 0. The van der Waals surface area contributed by atoms with Crippen molar-refractivity contribution < 1.29 is 4.39 Å². The molecule has 0 fully saturated rings. The van der Waals surface area contributed by atoms with E-state index in [4.69, 9.17) is 17.3 Å². The molecular formula is C15H11ClFN3S. The van der Waals surface area contributed by atoms with Gasteiger partial charge in [0.15, 0.2) is 0 Å². The van der Waals surface area contributed by atoms with Crippen LogP contribution in [0.5, 0.6) is 0 Å². The van der Waals surface area contributed by atoms with Crippen LogP contribution in [0.25, 0.3) is 10.9 Å². The Hall–Kier alpha value is -1.85. The molecular weight excluding hydrogens is 309 g/mol. The van der Waals surface area contributed by atoms with Gasteiger partial charge in [-0.05, 0) is 30.3 Å². The molecule has 3 rings (SSSR count). The summed E-state index contributed by atoms with van der Waals surface area (Å²) in [5.41, 5.74) is 6.76. The lowest BCUT2D eigenvalue weighted by Crippen LogP contribution is -1.99. The van der Waals surface area contributed by atoms with Crippen molar-refractivity contribution >= 4 is 40.1 Å². The molecule has 1 aromatic heterocycles. The number of aromatic nitrogens is 2. The molecule has 2 N–H and O–H groups in total. The van der Waals surface area contributed by atoms with Gasteiger partial charge in [0.2, 0.25) is 0 Å². The molecule has 0 saturated carbocycles. The number of halogens is 2. The van der Waals surface area contributed by atoms with Crippen molar-refractivity contribution in [3.05, 3.63) is 59.1 Å². The van der Waals surface area contributed by atoms with Gasteiger partial charge in [-0.1, -0.05) is 23.7 Å². The third kappa shape index (κ3) is 3.09. The van der Waals surface area contributed by atoms with Crippen LogP contribution in [0.1, 0.15) is 5.82 Å². The fraction of sp³-hybridized carbons (Fsp3) is 0.0667. The van der Waals surface area contributed by atoms with E-state index in [0.29, 0.717) is 17.4 Å². The third-order valence-corrected chi connectivity index (χ3v) is 4.22. The smallest absolute Gasteiger partial charge is 0.141 e. The molecule has 2 aromatic carbocycles. The van der Waals surface area contributed by atoms with E-state index in [1.807, 2.05) is 24.3 Å². The number of para-hydroxylation sites is 1. The van der Waals surface area contributed by atoms with Crippen molar-refractivity contribution in [1.29, 1.82) is 0 Å². The van der Waals surface area contributed by atoms with Crippen LogP contribution in [0.2, 0.25) is 5.02 Å². The van der Waals surface area contributed by atoms with Gasteiger partial charge in [0.05, 0.1) is 16.3 Å². The molecule has 6 heteroatoms. The number of nitrogens with two attached hydrogens (primary N) is 1. The molecule has 0 spiro atoms. The maximum atomic E-state index is 13.1. The number of hydrogen-bond acceptors (Lipinski definition) is 4. The number of benzene rings is 2. The molecule has 0 amide bonds. The minimum absolute atomic E-state index is 0.110. The summed E-state index contributed by atoms with van der Waals surface area (Å²) in [4.78, 5) is 9.63. The minimum atomic E-state index is -0.424. The van der Waals surface area contributed by atoms with Gasteiger partial charge in [-0.15, -0.1) is 11.8 Å². The highest BCUT2D eigenvalue weighted by Gasteiger charge is 2.06. The number of hydrogen-bond donors (Lipinski definition) is 1. The molecule has 0 unspecified atom stereocenters. The van der Waals surface area contributed by atoms with Gasteiger partial charge in [-0.2, -0.15) is 0 Å². The van der Waals surface area contributed by atoms with Crippen LogP contribution in [0.4, 0.5) is 10.2 Å². The van der Waals surface area contributed by atoms with E-state index < -0.39 is 5.82 Å². The molecule has 0 atom stereocenters.